The molecule has 0 unspecified atom stereocenters. The molecule has 1 atom stereocenters. The highest BCUT2D eigenvalue weighted by Crippen LogP contribution is 2.32. The molecule has 2 aromatic carbocycles. The number of sulfone groups is 1. The summed E-state index contributed by atoms with van der Waals surface area (Å²) >= 11 is 0. The summed E-state index contributed by atoms with van der Waals surface area (Å²) in [7, 11) is -1.32. The first-order chi connectivity index (χ1) is 17.8. The standard InChI is InChI=1S/C28H31N5O3S/c1-18(20-7-5-8-21(14-20)23-9-4-3-6-22(23)16-29)32-26-25-15-24(19-10-12-37(35,36)13-11-19)28(34)33(2)27(25)31-17-30-26/h3-9,14-15,17-19H,10-13,16,29H2,1-2H3,(H,30,31,32)/t18-/m1/s1. The van der Waals surface area contributed by atoms with Gasteiger partial charge in [-0.15, -0.1) is 0 Å². The summed E-state index contributed by atoms with van der Waals surface area (Å²) in [5, 5.41) is 4.25. The normalized spacial score (nSPS) is 16.5. The van der Waals surface area contributed by atoms with Gasteiger partial charge in [-0.05, 0) is 60.1 Å². The minimum absolute atomic E-state index is 0.0800. The molecule has 8 nitrogen and oxygen atoms in total. The van der Waals surface area contributed by atoms with E-state index in [0.29, 0.717) is 36.4 Å². The molecule has 0 bridgehead atoms. The van der Waals surface area contributed by atoms with E-state index in [-0.39, 0.29) is 29.0 Å². The van der Waals surface area contributed by atoms with Crippen molar-refractivity contribution in [3.8, 4) is 11.1 Å². The van der Waals surface area contributed by atoms with Crippen molar-refractivity contribution in [2.75, 3.05) is 16.8 Å². The minimum Gasteiger partial charge on any atom is -0.363 e. The fraction of sp³-hybridized carbons (Fsp3) is 0.321. The van der Waals surface area contributed by atoms with Crippen LogP contribution in [0.25, 0.3) is 22.2 Å². The Labute approximate surface area is 216 Å². The van der Waals surface area contributed by atoms with Gasteiger partial charge in [0, 0.05) is 25.2 Å². The average molecular weight is 518 g/mol. The van der Waals surface area contributed by atoms with E-state index in [1.165, 1.54) is 10.9 Å². The highest BCUT2D eigenvalue weighted by Gasteiger charge is 2.27. The molecule has 0 aliphatic carbocycles. The van der Waals surface area contributed by atoms with Crippen LogP contribution in [0, 0.1) is 0 Å². The molecule has 5 rings (SSSR count). The summed E-state index contributed by atoms with van der Waals surface area (Å²) in [6.45, 7) is 2.53. The van der Waals surface area contributed by atoms with Crippen molar-refractivity contribution in [1.29, 1.82) is 0 Å². The second-order valence-electron chi connectivity index (χ2n) is 9.70. The van der Waals surface area contributed by atoms with Gasteiger partial charge in [0.2, 0.25) is 0 Å². The van der Waals surface area contributed by atoms with Gasteiger partial charge in [-0.2, -0.15) is 0 Å². The van der Waals surface area contributed by atoms with Crippen LogP contribution in [-0.2, 0) is 23.4 Å². The Kier molecular flexibility index (Phi) is 6.83. The van der Waals surface area contributed by atoms with Crippen molar-refractivity contribution >= 4 is 26.7 Å². The van der Waals surface area contributed by atoms with E-state index in [0.717, 1.165) is 27.6 Å². The third-order valence-electron chi connectivity index (χ3n) is 7.31. The van der Waals surface area contributed by atoms with Crippen LogP contribution in [0.15, 0.2) is 65.7 Å². The number of benzene rings is 2. The molecule has 3 N–H and O–H groups in total. The number of aromatic nitrogens is 3. The van der Waals surface area contributed by atoms with Gasteiger partial charge >= 0.3 is 0 Å². The molecule has 0 spiro atoms. The molecule has 0 saturated carbocycles. The molecule has 0 amide bonds. The largest absolute Gasteiger partial charge is 0.363 e. The average Bonchev–Trinajstić information content (AvgIpc) is 2.91. The Balaban J connectivity index is 1.49. The molecule has 1 saturated heterocycles. The van der Waals surface area contributed by atoms with Gasteiger partial charge < -0.3 is 11.1 Å². The lowest BCUT2D eigenvalue weighted by atomic mass is 9.93. The summed E-state index contributed by atoms with van der Waals surface area (Å²) in [5.74, 6) is 0.744. The quantitative estimate of drug-likeness (QED) is 0.398. The maximum atomic E-state index is 13.1. The van der Waals surface area contributed by atoms with E-state index in [9.17, 15) is 13.2 Å². The zero-order valence-electron chi connectivity index (χ0n) is 21.0. The second kappa shape index (κ2) is 10.1. The SMILES string of the molecule is C[C@@H](Nc1ncnc2c1cc(C1CCS(=O)(=O)CC1)c(=O)n2C)c1cccc(-c2ccccc2CN)c1. The summed E-state index contributed by atoms with van der Waals surface area (Å²) in [6, 6.07) is 18.2. The number of nitrogens with two attached hydrogens (primary N) is 1. The smallest absolute Gasteiger partial charge is 0.255 e. The lowest BCUT2D eigenvalue weighted by molar-refractivity contribution is 0.546. The van der Waals surface area contributed by atoms with Crippen molar-refractivity contribution in [2.24, 2.45) is 12.8 Å². The molecule has 1 aliphatic heterocycles. The number of pyridine rings is 1. The highest BCUT2D eigenvalue weighted by molar-refractivity contribution is 7.91. The molecular formula is C28H31N5O3S. The van der Waals surface area contributed by atoms with Crippen LogP contribution in [0.3, 0.4) is 0 Å². The van der Waals surface area contributed by atoms with Crippen LogP contribution in [0.4, 0.5) is 5.82 Å². The van der Waals surface area contributed by atoms with Crippen molar-refractivity contribution in [3.63, 3.8) is 0 Å². The van der Waals surface area contributed by atoms with Crippen LogP contribution < -0.4 is 16.6 Å². The van der Waals surface area contributed by atoms with Gasteiger partial charge in [-0.1, -0.05) is 42.5 Å². The third kappa shape index (κ3) is 5.01. The molecule has 192 valence electrons. The predicted molar refractivity (Wildman–Crippen MR) is 147 cm³/mol. The van der Waals surface area contributed by atoms with Gasteiger partial charge in [-0.25, -0.2) is 18.4 Å². The van der Waals surface area contributed by atoms with Crippen molar-refractivity contribution in [2.45, 2.75) is 38.3 Å². The van der Waals surface area contributed by atoms with Crippen LogP contribution >= 0.6 is 0 Å². The number of hydrogen-bond acceptors (Lipinski definition) is 7. The second-order valence-corrected chi connectivity index (χ2v) is 12.0. The number of aryl methyl sites for hydroxylation is 1. The third-order valence-corrected chi connectivity index (χ3v) is 9.03. The highest BCUT2D eigenvalue weighted by atomic mass is 32.2. The summed E-state index contributed by atoms with van der Waals surface area (Å²) in [6.07, 6.45) is 2.36. The Hall–Kier alpha value is -3.56. The summed E-state index contributed by atoms with van der Waals surface area (Å²) in [5.41, 5.74) is 11.4. The first-order valence-corrected chi connectivity index (χ1v) is 14.3. The monoisotopic (exact) mass is 517 g/mol. The van der Waals surface area contributed by atoms with Crippen LogP contribution in [0.5, 0.6) is 0 Å². The lowest BCUT2D eigenvalue weighted by Gasteiger charge is -2.23. The number of rotatable bonds is 6. The summed E-state index contributed by atoms with van der Waals surface area (Å²) in [4.78, 5) is 22.0. The van der Waals surface area contributed by atoms with Gasteiger partial charge in [-0.3, -0.25) is 9.36 Å². The molecular weight excluding hydrogens is 486 g/mol. The van der Waals surface area contributed by atoms with E-state index >= 15 is 0 Å². The minimum atomic E-state index is -3.02. The van der Waals surface area contributed by atoms with E-state index < -0.39 is 9.84 Å². The predicted octanol–water partition coefficient (Wildman–Crippen LogP) is 3.92. The molecule has 1 fully saturated rings. The number of fused-ring (bicyclic) bond motifs is 1. The van der Waals surface area contributed by atoms with Gasteiger partial charge in [0.1, 0.15) is 27.6 Å². The summed E-state index contributed by atoms with van der Waals surface area (Å²) < 4.78 is 25.4. The Bertz CT molecular complexity index is 1620. The topological polar surface area (TPSA) is 120 Å². The van der Waals surface area contributed by atoms with Crippen molar-refractivity contribution < 1.29 is 8.42 Å². The van der Waals surface area contributed by atoms with Crippen molar-refractivity contribution in [1.82, 2.24) is 14.5 Å². The number of anilines is 1. The number of nitrogens with one attached hydrogen (secondary N) is 1. The van der Waals surface area contributed by atoms with Crippen LogP contribution in [-0.4, -0.2) is 34.5 Å². The molecule has 2 aromatic heterocycles. The van der Waals surface area contributed by atoms with E-state index in [1.807, 2.05) is 30.3 Å². The van der Waals surface area contributed by atoms with Gasteiger partial charge in [0.15, 0.2) is 0 Å². The Morgan fingerprint density at radius 2 is 1.84 bits per heavy atom. The Morgan fingerprint density at radius 3 is 2.59 bits per heavy atom. The number of nitrogens with zero attached hydrogens (tertiary/aromatic N) is 3. The zero-order chi connectivity index (χ0) is 26.2. The zero-order valence-corrected chi connectivity index (χ0v) is 21.8. The fourth-order valence-corrected chi connectivity index (χ4v) is 6.64. The molecule has 9 heteroatoms. The number of hydrogen-bond donors (Lipinski definition) is 2. The lowest BCUT2D eigenvalue weighted by Crippen LogP contribution is -2.29. The molecule has 3 heterocycles. The van der Waals surface area contributed by atoms with Crippen molar-refractivity contribution in [3.05, 3.63) is 88.0 Å². The van der Waals surface area contributed by atoms with Crippen LogP contribution in [0.2, 0.25) is 0 Å². The first-order valence-electron chi connectivity index (χ1n) is 12.5. The fourth-order valence-electron chi connectivity index (χ4n) is 5.15. The van der Waals surface area contributed by atoms with E-state index in [1.54, 1.807) is 7.05 Å². The molecule has 37 heavy (non-hydrogen) atoms. The maximum absolute atomic E-state index is 13.1. The first kappa shape index (κ1) is 25.1. The molecule has 1 aliphatic rings. The van der Waals surface area contributed by atoms with Gasteiger partial charge in [0.05, 0.1) is 16.9 Å². The molecule has 0 radical (unpaired) electrons. The maximum Gasteiger partial charge on any atom is 0.255 e. The van der Waals surface area contributed by atoms with E-state index in [2.05, 4.69) is 46.5 Å². The molecule has 4 aromatic rings. The van der Waals surface area contributed by atoms with Gasteiger partial charge in [0.25, 0.3) is 5.56 Å². The Morgan fingerprint density at radius 1 is 1.08 bits per heavy atom. The van der Waals surface area contributed by atoms with Crippen LogP contribution in [0.1, 0.15) is 48.4 Å². The van der Waals surface area contributed by atoms with E-state index in [4.69, 9.17) is 5.73 Å².